The number of hydrogen-bond donors (Lipinski definition) is 2. The second-order valence-electron chi connectivity index (χ2n) is 7.20. The lowest BCUT2D eigenvalue weighted by molar-refractivity contribution is -0.121. The van der Waals surface area contributed by atoms with Crippen LogP contribution in [0.4, 0.5) is 11.4 Å². The van der Waals surface area contributed by atoms with Crippen LogP contribution in [0, 0.1) is 0 Å². The van der Waals surface area contributed by atoms with Crippen molar-refractivity contribution in [3.8, 4) is 0 Å². The number of carbonyl (C=O) groups excluding carboxylic acids is 2. The summed E-state index contributed by atoms with van der Waals surface area (Å²) < 4.78 is 10.5. The third-order valence-electron chi connectivity index (χ3n) is 4.91. The molecule has 1 aliphatic heterocycles. The van der Waals surface area contributed by atoms with Crippen LogP contribution in [0.5, 0.6) is 0 Å². The largest absolute Gasteiger partial charge is 0.383 e. The highest BCUT2D eigenvalue weighted by Crippen LogP contribution is 2.27. The van der Waals surface area contributed by atoms with Crippen molar-refractivity contribution in [3.05, 3.63) is 59.7 Å². The van der Waals surface area contributed by atoms with Gasteiger partial charge in [-0.2, -0.15) is 0 Å². The van der Waals surface area contributed by atoms with E-state index in [9.17, 15) is 9.59 Å². The molecule has 7 nitrogen and oxygen atoms in total. The summed E-state index contributed by atoms with van der Waals surface area (Å²) in [5.41, 5.74) is 3.02. The first kappa shape index (κ1) is 21.8. The summed E-state index contributed by atoms with van der Waals surface area (Å²) >= 11 is 0. The van der Waals surface area contributed by atoms with E-state index in [0.29, 0.717) is 31.0 Å². The molecule has 2 amide bonds. The van der Waals surface area contributed by atoms with Crippen LogP contribution >= 0.6 is 0 Å². The van der Waals surface area contributed by atoms with E-state index in [4.69, 9.17) is 9.47 Å². The molecule has 0 aliphatic carbocycles. The number of hydrogen-bond acceptors (Lipinski definition) is 5. The van der Waals surface area contributed by atoms with Gasteiger partial charge in [0.15, 0.2) is 0 Å². The Labute approximate surface area is 177 Å². The van der Waals surface area contributed by atoms with Crippen LogP contribution in [-0.2, 0) is 20.9 Å². The van der Waals surface area contributed by atoms with Crippen LogP contribution in [0.3, 0.4) is 0 Å². The Kier molecular flexibility index (Phi) is 8.23. The molecule has 2 aromatic rings. The second kappa shape index (κ2) is 11.3. The molecule has 0 spiro atoms. The van der Waals surface area contributed by atoms with E-state index in [1.807, 2.05) is 42.5 Å². The monoisotopic (exact) mass is 411 g/mol. The fraction of sp³-hybridized carbons (Fsp3) is 0.391. The minimum absolute atomic E-state index is 0.0574. The maximum absolute atomic E-state index is 12.7. The van der Waals surface area contributed by atoms with E-state index in [0.717, 1.165) is 37.2 Å². The summed E-state index contributed by atoms with van der Waals surface area (Å²) in [6.45, 7) is 3.04. The SMILES string of the molecule is COCCNC(=O)c1cc(NC(=O)COCc2ccccc2)ccc1N1CCCC1. The third-order valence-corrected chi connectivity index (χ3v) is 4.91. The number of carbonyl (C=O) groups is 2. The highest BCUT2D eigenvalue weighted by atomic mass is 16.5. The number of nitrogens with one attached hydrogen (secondary N) is 2. The molecule has 30 heavy (non-hydrogen) atoms. The van der Waals surface area contributed by atoms with Crippen molar-refractivity contribution in [1.29, 1.82) is 0 Å². The minimum Gasteiger partial charge on any atom is -0.383 e. The van der Waals surface area contributed by atoms with Crippen LogP contribution in [0.2, 0.25) is 0 Å². The van der Waals surface area contributed by atoms with E-state index in [-0.39, 0.29) is 18.4 Å². The zero-order chi connectivity index (χ0) is 21.2. The standard InChI is InChI=1S/C23H29N3O4/c1-29-14-11-24-23(28)20-15-19(9-10-21(20)26-12-5-6-13-26)25-22(27)17-30-16-18-7-3-2-4-8-18/h2-4,7-10,15H,5-6,11-14,16-17H2,1H3,(H,24,28)(H,25,27). The summed E-state index contributed by atoms with van der Waals surface area (Å²) in [6.07, 6.45) is 2.23. The van der Waals surface area contributed by atoms with Gasteiger partial charge >= 0.3 is 0 Å². The lowest BCUT2D eigenvalue weighted by Gasteiger charge is -2.22. The number of benzene rings is 2. The van der Waals surface area contributed by atoms with E-state index in [1.165, 1.54) is 0 Å². The van der Waals surface area contributed by atoms with Gasteiger partial charge in [0.05, 0.1) is 18.8 Å². The first-order valence-electron chi connectivity index (χ1n) is 10.2. The Morgan fingerprint density at radius 3 is 2.57 bits per heavy atom. The molecule has 2 aromatic carbocycles. The van der Waals surface area contributed by atoms with Crippen LogP contribution < -0.4 is 15.5 Å². The van der Waals surface area contributed by atoms with Gasteiger partial charge in [-0.3, -0.25) is 9.59 Å². The summed E-state index contributed by atoms with van der Waals surface area (Å²) in [4.78, 5) is 27.2. The molecule has 2 N–H and O–H groups in total. The van der Waals surface area contributed by atoms with E-state index in [2.05, 4.69) is 15.5 Å². The van der Waals surface area contributed by atoms with Crippen LogP contribution in [0.15, 0.2) is 48.5 Å². The molecule has 0 aromatic heterocycles. The predicted molar refractivity (Wildman–Crippen MR) is 117 cm³/mol. The van der Waals surface area contributed by atoms with Crippen LogP contribution in [-0.4, -0.2) is 51.8 Å². The molecular formula is C23H29N3O4. The summed E-state index contributed by atoms with van der Waals surface area (Å²) in [7, 11) is 1.60. The lowest BCUT2D eigenvalue weighted by Crippen LogP contribution is -2.30. The van der Waals surface area contributed by atoms with Gasteiger partial charge in [0.1, 0.15) is 6.61 Å². The Morgan fingerprint density at radius 1 is 1.07 bits per heavy atom. The molecule has 3 rings (SSSR count). The van der Waals surface area contributed by atoms with Gasteiger partial charge in [0.25, 0.3) is 5.91 Å². The number of nitrogens with zero attached hydrogens (tertiary/aromatic N) is 1. The van der Waals surface area contributed by atoms with Crippen molar-refractivity contribution < 1.29 is 19.1 Å². The van der Waals surface area contributed by atoms with E-state index in [1.54, 1.807) is 13.2 Å². The lowest BCUT2D eigenvalue weighted by atomic mass is 10.1. The first-order valence-corrected chi connectivity index (χ1v) is 10.2. The zero-order valence-corrected chi connectivity index (χ0v) is 17.4. The van der Waals surface area contributed by atoms with Gasteiger partial charge in [0, 0.05) is 38.1 Å². The molecule has 1 fully saturated rings. The van der Waals surface area contributed by atoms with Gasteiger partial charge in [-0.1, -0.05) is 30.3 Å². The molecule has 1 aliphatic rings. The predicted octanol–water partition coefficient (Wildman–Crippen LogP) is 2.82. The normalized spacial score (nSPS) is 13.3. The van der Waals surface area contributed by atoms with Crippen LogP contribution in [0.25, 0.3) is 0 Å². The number of amides is 2. The summed E-state index contributed by atoms with van der Waals surface area (Å²) in [5, 5.41) is 5.69. The summed E-state index contributed by atoms with van der Waals surface area (Å²) in [6, 6.07) is 15.1. The molecule has 1 saturated heterocycles. The van der Waals surface area contributed by atoms with E-state index < -0.39 is 0 Å². The Bertz CT molecular complexity index is 836. The number of anilines is 2. The number of methoxy groups -OCH3 is 1. The summed E-state index contributed by atoms with van der Waals surface area (Å²) in [5.74, 6) is -0.434. The number of rotatable bonds is 10. The average molecular weight is 412 g/mol. The number of ether oxygens (including phenoxy) is 2. The molecule has 7 heteroatoms. The van der Waals surface area contributed by atoms with Crippen molar-refractivity contribution in [2.24, 2.45) is 0 Å². The fourth-order valence-electron chi connectivity index (χ4n) is 3.42. The van der Waals surface area contributed by atoms with Gasteiger partial charge < -0.3 is 25.0 Å². The first-order chi connectivity index (χ1) is 14.7. The van der Waals surface area contributed by atoms with Gasteiger partial charge in [-0.05, 0) is 36.6 Å². The zero-order valence-electron chi connectivity index (χ0n) is 17.4. The van der Waals surface area contributed by atoms with Gasteiger partial charge in [0.2, 0.25) is 5.91 Å². The van der Waals surface area contributed by atoms with Crippen LogP contribution in [0.1, 0.15) is 28.8 Å². The van der Waals surface area contributed by atoms with Crippen molar-refractivity contribution in [1.82, 2.24) is 5.32 Å². The van der Waals surface area contributed by atoms with Gasteiger partial charge in [-0.15, -0.1) is 0 Å². The highest BCUT2D eigenvalue weighted by Gasteiger charge is 2.20. The van der Waals surface area contributed by atoms with Crippen molar-refractivity contribution in [2.45, 2.75) is 19.4 Å². The van der Waals surface area contributed by atoms with Crippen molar-refractivity contribution in [2.75, 3.05) is 50.2 Å². The average Bonchev–Trinajstić information content (AvgIpc) is 3.29. The molecule has 0 atom stereocenters. The molecule has 0 saturated carbocycles. The molecule has 1 heterocycles. The van der Waals surface area contributed by atoms with Gasteiger partial charge in [-0.25, -0.2) is 0 Å². The molecule has 0 bridgehead atoms. The fourth-order valence-corrected chi connectivity index (χ4v) is 3.42. The second-order valence-corrected chi connectivity index (χ2v) is 7.20. The highest BCUT2D eigenvalue weighted by molar-refractivity contribution is 6.02. The minimum atomic E-state index is -0.259. The van der Waals surface area contributed by atoms with E-state index >= 15 is 0 Å². The van der Waals surface area contributed by atoms with Crippen molar-refractivity contribution in [3.63, 3.8) is 0 Å². The molecule has 0 unspecified atom stereocenters. The third kappa shape index (κ3) is 6.30. The molecule has 160 valence electrons. The Morgan fingerprint density at radius 2 is 1.83 bits per heavy atom. The quantitative estimate of drug-likeness (QED) is 0.588. The molecular weight excluding hydrogens is 382 g/mol. The molecule has 0 radical (unpaired) electrons. The maximum atomic E-state index is 12.7. The Balaban J connectivity index is 1.63. The maximum Gasteiger partial charge on any atom is 0.253 e. The Hall–Kier alpha value is -2.90. The topological polar surface area (TPSA) is 79.9 Å². The van der Waals surface area contributed by atoms with Crippen molar-refractivity contribution >= 4 is 23.2 Å². The smallest absolute Gasteiger partial charge is 0.253 e.